The van der Waals surface area contributed by atoms with Crippen molar-refractivity contribution >= 4 is 11.8 Å². The van der Waals surface area contributed by atoms with E-state index in [1.54, 1.807) is 0 Å². The van der Waals surface area contributed by atoms with E-state index in [0.717, 1.165) is 68.3 Å². The Labute approximate surface area is 299 Å². The SMILES string of the molecule is C=C(CNC(=CCC)C(Cc1ccccc1)NC(=C)CN)NC(CCCNC)C(=C)N1CCCSCC1.CC(C)C.Cc1ccccc1. The van der Waals surface area contributed by atoms with Gasteiger partial charge in [0.15, 0.2) is 0 Å². The highest BCUT2D eigenvalue weighted by Crippen LogP contribution is 2.19. The van der Waals surface area contributed by atoms with Crippen LogP contribution >= 0.6 is 11.8 Å². The highest BCUT2D eigenvalue weighted by molar-refractivity contribution is 7.99. The van der Waals surface area contributed by atoms with Crippen molar-refractivity contribution in [3.05, 3.63) is 120 Å². The Morgan fingerprint density at radius 1 is 0.917 bits per heavy atom. The summed E-state index contributed by atoms with van der Waals surface area (Å²) in [5.41, 5.74) is 12.6. The fraction of sp³-hybridized carbons (Fsp3) is 0.512. The average Bonchev–Trinajstić information content (AvgIpc) is 3.36. The van der Waals surface area contributed by atoms with Crippen molar-refractivity contribution in [1.82, 2.24) is 26.2 Å². The molecule has 0 spiro atoms. The van der Waals surface area contributed by atoms with Crippen LogP contribution in [-0.4, -0.2) is 68.3 Å². The first-order chi connectivity index (χ1) is 23.1. The fourth-order valence-electron chi connectivity index (χ4n) is 5.05. The lowest BCUT2D eigenvalue weighted by Crippen LogP contribution is -2.43. The standard InChI is InChI=1S/C30H50N6S.C7H8.C4H10/c1-6-12-29(30(34-24(2)22-31)21-27-13-8-7-9-14-27)33-23-25(3)35-28(15-10-16-32-5)26(4)36-17-11-19-37-20-18-36;1-7-5-3-2-4-6-7;1-4(2)3/h7-9,12-14,28,30,32-35H,2-4,6,10-11,15-23,31H2,1,5H3;2-6H,1H3;4H,1-3H3. The molecular weight excluding hydrogens is 609 g/mol. The van der Waals surface area contributed by atoms with Crippen molar-refractivity contribution in [2.45, 2.75) is 78.8 Å². The molecular formula is C41H68N6S. The van der Waals surface area contributed by atoms with E-state index in [-0.39, 0.29) is 12.1 Å². The van der Waals surface area contributed by atoms with Crippen LogP contribution in [-0.2, 0) is 6.42 Å². The van der Waals surface area contributed by atoms with Crippen LogP contribution in [0.25, 0.3) is 0 Å². The number of rotatable bonds is 18. The Bertz CT molecular complexity index is 1150. The monoisotopic (exact) mass is 677 g/mol. The molecule has 268 valence electrons. The van der Waals surface area contributed by atoms with Gasteiger partial charge in [0.25, 0.3) is 0 Å². The molecule has 0 radical (unpaired) electrons. The van der Waals surface area contributed by atoms with E-state index in [2.05, 4.69) is 123 Å². The molecule has 1 fully saturated rings. The van der Waals surface area contributed by atoms with Crippen LogP contribution in [0.4, 0.5) is 0 Å². The zero-order valence-corrected chi connectivity index (χ0v) is 31.9. The van der Waals surface area contributed by atoms with Crippen molar-refractivity contribution < 1.29 is 0 Å². The van der Waals surface area contributed by atoms with E-state index in [9.17, 15) is 0 Å². The van der Waals surface area contributed by atoms with Gasteiger partial charge in [-0.05, 0) is 69.9 Å². The summed E-state index contributed by atoms with van der Waals surface area (Å²) in [7, 11) is 2.01. The van der Waals surface area contributed by atoms with Crippen LogP contribution in [0.2, 0.25) is 0 Å². The summed E-state index contributed by atoms with van der Waals surface area (Å²) in [6.45, 7) is 27.9. The first-order valence-electron chi connectivity index (χ1n) is 17.8. The van der Waals surface area contributed by atoms with E-state index in [0.29, 0.717) is 13.1 Å². The van der Waals surface area contributed by atoms with Crippen molar-refractivity contribution in [1.29, 1.82) is 0 Å². The van der Waals surface area contributed by atoms with E-state index in [4.69, 9.17) is 5.73 Å². The lowest BCUT2D eigenvalue weighted by Gasteiger charge is -2.33. The minimum absolute atomic E-state index is 0.0576. The van der Waals surface area contributed by atoms with Crippen LogP contribution in [0.1, 0.15) is 64.5 Å². The second kappa shape index (κ2) is 26.8. The second-order valence-electron chi connectivity index (χ2n) is 13.0. The number of hydrogen-bond donors (Lipinski definition) is 5. The van der Waals surface area contributed by atoms with Crippen LogP contribution in [0, 0.1) is 12.8 Å². The number of nitrogens with zero attached hydrogens (tertiary/aromatic N) is 1. The Balaban J connectivity index is 0.000000886. The van der Waals surface area contributed by atoms with Gasteiger partial charge in [0.05, 0.1) is 18.6 Å². The minimum atomic E-state index is 0.0576. The summed E-state index contributed by atoms with van der Waals surface area (Å²) in [6, 6.07) is 21.0. The van der Waals surface area contributed by atoms with Crippen molar-refractivity contribution in [3.8, 4) is 0 Å². The maximum absolute atomic E-state index is 5.87. The topological polar surface area (TPSA) is 77.4 Å². The fourth-order valence-corrected chi connectivity index (χ4v) is 5.94. The number of hydrogen-bond acceptors (Lipinski definition) is 7. The lowest BCUT2D eigenvalue weighted by atomic mass is 10.0. The molecule has 0 aromatic heterocycles. The Kier molecular flexibility index (Phi) is 23.9. The van der Waals surface area contributed by atoms with Gasteiger partial charge in [-0.15, -0.1) is 0 Å². The molecule has 2 aromatic rings. The summed E-state index contributed by atoms with van der Waals surface area (Å²) in [5.74, 6) is 3.24. The van der Waals surface area contributed by atoms with Gasteiger partial charge in [0, 0.05) is 48.2 Å². The number of benzene rings is 2. The van der Waals surface area contributed by atoms with Gasteiger partial charge in [-0.2, -0.15) is 11.8 Å². The summed E-state index contributed by atoms with van der Waals surface area (Å²) in [4.78, 5) is 2.47. The zero-order chi connectivity index (χ0) is 35.6. The van der Waals surface area contributed by atoms with Gasteiger partial charge >= 0.3 is 0 Å². The largest absolute Gasteiger partial charge is 0.381 e. The third-order valence-electron chi connectivity index (χ3n) is 7.48. The maximum atomic E-state index is 5.87. The third kappa shape index (κ3) is 20.3. The number of nitrogens with two attached hydrogens (primary N) is 1. The molecule has 1 saturated heterocycles. The first-order valence-corrected chi connectivity index (χ1v) is 19.0. The number of thioether (sulfide) groups is 1. The van der Waals surface area contributed by atoms with E-state index in [1.165, 1.54) is 34.8 Å². The van der Waals surface area contributed by atoms with Crippen molar-refractivity contribution in [2.24, 2.45) is 11.7 Å². The molecule has 3 rings (SSSR count). The first kappa shape index (κ1) is 42.9. The third-order valence-corrected chi connectivity index (χ3v) is 8.53. The van der Waals surface area contributed by atoms with Gasteiger partial charge in [0.2, 0.25) is 0 Å². The lowest BCUT2D eigenvalue weighted by molar-refractivity contribution is 0.327. The summed E-state index contributed by atoms with van der Waals surface area (Å²) >= 11 is 2.04. The van der Waals surface area contributed by atoms with Gasteiger partial charge in [-0.3, -0.25) is 0 Å². The minimum Gasteiger partial charge on any atom is -0.381 e. The summed E-state index contributed by atoms with van der Waals surface area (Å²) in [5, 5.41) is 14.2. The predicted molar refractivity (Wildman–Crippen MR) is 215 cm³/mol. The Morgan fingerprint density at radius 3 is 2.10 bits per heavy atom. The van der Waals surface area contributed by atoms with Gasteiger partial charge in [-0.1, -0.05) is 120 Å². The molecule has 0 amide bonds. The average molecular weight is 677 g/mol. The van der Waals surface area contributed by atoms with E-state index in [1.807, 2.05) is 43.1 Å². The summed E-state index contributed by atoms with van der Waals surface area (Å²) in [6.07, 6.45) is 7.34. The molecule has 7 heteroatoms. The van der Waals surface area contributed by atoms with E-state index >= 15 is 0 Å². The highest BCUT2D eigenvalue weighted by atomic mass is 32.2. The van der Waals surface area contributed by atoms with Crippen molar-refractivity contribution in [3.63, 3.8) is 0 Å². The molecule has 48 heavy (non-hydrogen) atoms. The molecule has 6 N–H and O–H groups in total. The Hall–Kier alpha value is -3.13. The number of allylic oxidation sites excluding steroid dienone is 1. The molecule has 1 aliphatic heterocycles. The molecule has 0 aliphatic carbocycles. The van der Waals surface area contributed by atoms with Crippen LogP contribution in [0.3, 0.4) is 0 Å². The van der Waals surface area contributed by atoms with E-state index < -0.39 is 0 Å². The van der Waals surface area contributed by atoms with Crippen LogP contribution in [0.15, 0.2) is 109 Å². The zero-order valence-electron chi connectivity index (χ0n) is 31.1. The normalized spacial score (nSPS) is 14.2. The molecule has 0 saturated carbocycles. The Morgan fingerprint density at radius 2 is 1.54 bits per heavy atom. The van der Waals surface area contributed by atoms with Gasteiger partial charge < -0.3 is 31.9 Å². The predicted octanol–water partition coefficient (Wildman–Crippen LogP) is 7.62. The van der Waals surface area contributed by atoms with Gasteiger partial charge in [-0.25, -0.2) is 0 Å². The molecule has 2 unspecified atom stereocenters. The number of aryl methyl sites for hydroxylation is 1. The maximum Gasteiger partial charge on any atom is 0.0694 e. The van der Waals surface area contributed by atoms with Gasteiger partial charge in [0.1, 0.15) is 0 Å². The summed E-state index contributed by atoms with van der Waals surface area (Å²) < 4.78 is 0. The molecule has 2 atom stereocenters. The smallest absolute Gasteiger partial charge is 0.0694 e. The highest BCUT2D eigenvalue weighted by Gasteiger charge is 2.21. The molecule has 1 aliphatic rings. The molecule has 6 nitrogen and oxygen atoms in total. The quantitative estimate of drug-likeness (QED) is 0.104. The van der Waals surface area contributed by atoms with Crippen LogP contribution < -0.4 is 27.0 Å². The second-order valence-corrected chi connectivity index (χ2v) is 14.2. The molecule has 2 aromatic carbocycles. The molecule has 0 bridgehead atoms. The number of nitrogens with one attached hydrogen (secondary N) is 4. The van der Waals surface area contributed by atoms with Crippen molar-refractivity contribution in [2.75, 3.05) is 51.3 Å². The van der Waals surface area contributed by atoms with Crippen LogP contribution in [0.5, 0.6) is 0 Å². The molecule has 1 heterocycles.